The van der Waals surface area contributed by atoms with Gasteiger partial charge in [0, 0.05) is 45.3 Å². The van der Waals surface area contributed by atoms with Gasteiger partial charge in [0.1, 0.15) is 0 Å². The Bertz CT molecular complexity index is 1530. The van der Waals surface area contributed by atoms with Crippen molar-refractivity contribution in [2.24, 2.45) is 7.05 Å². The molecular weight excluding hydrogens is 451 g/mol. The molecule has 6 aromatic rings. The second-order valence-electron chi connectivity index (χ2n) is 7.83. The molecule has 0 aliphatic heterocycles. The van der Waals surface area contributed by atoms with Gasteiger partial charge < -0.3 is 4.57 Å². The number of aromatic nitrogens is 1. The molecule has 0 spiro atoms. The first-order chi connectivity index (χ1) is 14.8. The van der Waals surface area contributed by atoms with Gasteiger partial charge in [0.2, 0.25) is 0 Å². The van der Waals surface area contributed by atoms with Gasteiger partial charge in [-0.2, -0.15) is 0 Å². The van der Waals surface area contributed by atoms with Gasteiger partial charge in [0.05, 0.1) is 0 Å². The Kier molecular flexibility index (Phi) is 5.26. The van der Waals surface area contributed by atoms with Gasteiger partial charge in [0.15, 0.2) is 0 Å². The maximum atomic E-state index is 3.53. The minimum Gasteiger partial charge on any atom is -0.361 e. The van der Waals surface area contributed by atoms with Crippen molar-refractivity contribution in [1.82, 2.24) is 4.57 Å². The number of fused-ring (bicyclic) bond motifs is 5. The van der Waals surface area contributed by atoms with Crippen LogP contribution in [-0.2, 0) is 39.8 Å². The average Bonchev–Trinajstić information content (AvgIpc) is 3.12. The number of benzene rings is 5. The van der Waals surface area contributed by atoms with E-state index in [9.17, 15) is 0 Å². The fourth-order valence-corrected chi connectivity index (χ4v) is 4.58. The third kappa shape index (κ3) is 3.33. The molecule has 1 nitrogen and oxygen atoms in total. The smallest absolute Gasteiger partial charge is 0.0381 e. The summed E-state index contributed by atoms with van der Waals surface area (Å²) < 4.78 is 2.30. The summed E-state index contributed by atoms with van der Waals surface area (Å²) in [5.41, 5.74) is 7.46. The summed E-state index contributed by atoms with van der Waals surface area (Å²) in [5, 5.41) is 4.95. The first kappa shape index (κ1) is 20.2. The molecule has 31 heavy (non-hydrogen) atoms. The van der Waals surface area contributed by atoms with E-state index >= 15 is 0 Å². The molecule has 1 heterocycles. The second-order valence-corrected chi connectivity index (χ2v) is 7.83. The Morgan fingerprint density at radius 2 is 1.19 bits per heavy atom. The number of nitrogens with zero attached hydrogens (tertiary/aromatic N) is 1. The van der Waals surface area contributed by atoms with Crippen molar-refractivity contribution in [1.29, 1.82) is 0 Å². The summed E-state index contributed by atoms with van der Waals surface area (Å²) in [5.74, 6) is 0. The third-order valence-corrected chi connectivity index (χ3v) is 6.12. The van der Waals surface area contributed by atoms with Crippen molar-refractivity contribution in [3.8, 4) is 22.3 Å². The van der Waals surface area contributed by atoms with E-state index < -0.39 is 0 Å². The third-order valence-electron chi connectivity index (χ3n) is 6.12. The molecule has 0 aliphatic rings. The molecule has 145 valence electrons. The van der Waals surface area contributed by atoms with Crippen molar-refractivity contribution in [2.45, 2.75) is 0 Å². The minimum absolute atomic E-state index is 0. The first-order valence-electron chi connectivity index (χ1n) is 10.3. The van der Waals surface area contributed by atoms with Gasteiger partial charge in [-0.15, -0.1) is 23.6 Å². The Balaban J connectivity index is 0.00000204. The molecule has 0 aliphatic carbocycles. The van der Waals surface area contributed by atoms with Gasteiger partial charge in [-0.05, 0) is 33.7 Å². The van der Waals surface area contributed by atoms with Gasteiger partial charge >= 0.3 is 0 Å². The molecule has 6 rings (SSSR count). The monoisotopic (exact) mass is 471 g/mol. The van der Waals surface area contributed by atoms with E-state index in [1.54, 1.807) is 0 Å². The standard InChI is InChI=1S/C29H20N.Y/c1-30-28-10-6-5-9-26(28)27-18-16-24-19-23(15-17-25(24)29(27)30)22-13-11-21(12-14-22)20-7-3-2-4-8-20;/h2-15,17-19H,1H3;/q-1;. The van der Waals surface area contributed by atoms with Gasteiger partial charge in [-0.3, -0.25) is 0 Å². The van der Waals surface area contributed by atoms with E-state index in [0.717, 1.165) is 5.39 Å². The van der Waals surface area contributed by atoms with E-state index in [2.05, 4.69) is 121 Å². The van der Waals surface area contributed by atoms with E-state index in [1.807, 2.05) is 0 Å². The number of aryl methyl sites for hydroxylation is 1. The number of rotatable bonds is 2. The van der Waals surface area contributed by atoms with Gasteiger partial charge in [-0.25, -0.2) is 0 Å². The fraction of sp³-hybridized carbons (Fsp3) is 0.0345. The predicted octanol–water partition coefficient (Wildman–Crippen LogP) is 7.62. The van der Waals surface area contributed by atoms with Crippen molar-refractivity contribution in [3.05, 3.63) is 109 Å². The van der Waals surface area contributed by atoms with Crippen LogP contribution in [0.4, 0.5) is 0 Å². The molecule has 1 radical (unpaired) electrons. The molecule has 0 saturated heterocycles. The van der Waals surface area contributed by atoms with Crippen LogP contribution in [0.15, 0.2) is 103 Å². The Morgan fingerprint density at radius 3 is 1.97 bits per heavy atom. The molecule has 5 aromatic carbocycles. The summed E-state index contributed by atoms with van der Waals surface area (Å²) in [6.45, 7) is 0. The predicted molar refractivity (Wildman–Crippen MR) is 128 cm³/mol. The topological polar surface area (TPSA) is 4.93 Å². The summed E-state index contributed by atoms with van der Waals surface area (Å²) >= 11 is 0. The van der Waals surface area contributed by atoms with Crippen LogP contribution in [0.5, 0.6) is 0 Å². The van der Waals surface area contributed by atoms with Crippen molar-refractivity contribution in [2.75, 3.05) is 0 Å². The van der Waals surface area contributed by atoms with Crippen LogP contribution >= 0.6 is 0 Å². The molecule has 0 amide bonds. The minimum atomic E-state index is 0. The Hall–Kier alpha value is -2.74. The summed E-state index contributed by atoms with van der Waals surface area (Å²) in [7, 11) is 2.15. The zero-order chi connectivity index (χ0) is 20.1. The second kappa shape index (κ2) is 8.07. The van der Waals surface area contributed by atoms with Crippen LogP contribution in [0.1, 0.15) is 0 Å². The largest absolute Gasteiger partial charge is 0.361 e. The van der Waals surface area contributed by atoms with Crippen LogP contribution in [0, 0.1) is 6.07 Å². The number of hydrogen-bond acceptors (Lipinski definition) is 0. The van der Waals surface area contributed by atoms with Gasteiger partial charge in [-0.1, -0.05) is 101 Å². The van der Waals surface area contributed by atoms with E-state index in [-0.39, 0.29) is 32.7 Å². The van der Waals surface area contributed by atoms with E-state index in [1.165, 1.54) is 49.4 Å². The summed E-state index contributed by atoms with van der Waals surface area (Å²) in [6.07, 6.45) is 0. The molecule has 0 saturated carbocycles. The number of hydrogen-bond donors (Lipinski definition) is 0. The molecule has 0 fully saturated rings. The van der Waals surface area contributed by atoms with Crippen molar-refractivity contribution < 1.29 is 32.7 Å². The molecule has 0 N–H and O–H groups in total. The molecule has 2 heteroatoms. The first-order valence-corrected chi connectivity index (χ1v) is 10.3. The van der Waals surface area contributed by atoms with Crippen LogP contribution in [0.3, 0.4) is 0 Å². The zero-order valence-corrected chi connectivity index (χ0v) is 20.2. The van der Waals surface area contributed by atoms with Crippen LogP contribution < -0.4 is 0 Å². The van der Waals surface area contributed by atoms with Crippen LogP contribution in [0.2, 0.25) is 0 Å². The Morgan fingerprint density at radius 1 is 0.581 bits per heavy atom. The molecule has 0 atom stereocenters. The average molecular weight is 471 g/mol. The maximum Gasteiger partial charge on any atom is 0.0381 e. The van der Waals surface area contributed by atoms with Crippen LogP contribution in [0.25, 0.3) is 54.8 Å². The molecule has 1 aromatic heterocycles. The number of para-hydroxylation sites is 1. The van der Waals surface area contributed by atoms with Gasteiger partial charge in [0.25, 0.3) is 0 Å². The van der Waals surface area contributed by atoms with Crippen molar-refractivity contribution >= 4 is 32.6 Å². The maximum absolute atomic E-state index is 3.53. The SMILES string of the molecule is Cn1c2ccccc2c2c[c-]c3cc(-c4ccc(-c5ccccc5)cc4)ccc3c21.[Y]. The molecular formula is C29H20NY-. The summed E-state index contributed by atoms with van der Waals surface area (Å²) in [6, 6.07) is 40.3. The summed E-state index contributed by atoms with van der Waals surface area (Å²) in [4.78, 5) is 0. The van der Waals surface area contributed by atoms with E-state index in [4.69, 9.17) is 0 Å². The normalized spacial score (nSPS) is 11.1. The fourth-order valence-electron chi connectivity index (χ4n) is 4.58. The van der Waals surface area contributed by atoms with Crippen LogP contribution in [-0.4, -0.2) is 4.57 Å². The Labute approximate surface area is 207 Å². The molecule has 0 bridgehead atoms. The van der Waals surface area contributed by atoms with Crippen molar-refractivity contribution in [3.63, 3.8) is 0 Å². The van der Waals surface area contributed by atoms with E-state index in [0.29, 0.717) is 0 Å². The quantitative estimate of drug-likeness (QED) is 0.229. The molecule has 0 unspecified atom stereocenters. The zero-order valence-electron chi connectivity index (χ0n) is 17.3.